The average Bonchev–Trinajstić information content (AvgIpc) is 2.83. The third kappa shape index (κ3) is 5.57. The molecule has 0 amide bonds. The molecule has 1 saturated heterocycles. The lowest BCUT2D eigenvalue weighted by atomic mass is 9.96. The number of β-amino-alcohol motifs (C(OH)–C–C–N with tert-alkyl or cyclic N) is 1. The fourth-order valence-corrected chi connectivity index (χ4v) is 4.51. The normalized spacial score (nSPS) is 16.2. The first kappa shape index (κ1) is 22.5. The van der Waals surface area contributed by atoms with Crippen LogP contribution in [0, 0.1) is 13.8 Å². The molecule has 0 spiro atoms. The Hall–Kier alpha value is -2.66. The smallest absolute Gasteiger partial charge is 0.122 e. The van der Waals surface area contributed by atoms with Crippen molar-refractivity contribution in [3.63, 3.8) is 0 Å². The summed E-state index contributed by atoms with van der Waals surface area (Å²) < 4.78 is 5.91. The van der Waals surface area contributed by atoms with E-state index in [1.54, 1.807) is 0 Å². The van der Waals surface area contributed by atoms with Crippen LogP contribution in [0.1, 0.15) is 28.3 Å². The number of ether oxygens (including phenoxy) is 1. The van der Waals surface area contributed by atoms with E-state index >= 15 is 0 Å². The molecular weight excluding hydrogens is 396 g/mol. The first-order chi connectivity index (χ1) is 15.6. The van der Waals surface area contributed by atoms with Gasteiger partial charge in [-0.25, -0.2) is 0 Å². The molecule has 1 aliphatic heterocycles. The predicted octanol–water partition coefficient (Wildman–Crippen LogP) is 4.45. The highest BCUT2D eigenvalue weighted by Gasteiger charge is 2.27. The molecule has 1 aliphatic rings. The van der Waals surface area contributed by atoms with Crippen molar-refractivity contribution in [2.75, 3.05) is 39.3 Å². The van der Waals surface area contributed by atoms with Crippen LogP contribution >= 0.6 is 0 Å². The molecule has 4 rings (SSSR count). The number of hydrogen-bond acceptors (Lipinski definition) is 4. The molecule has 0 aromatic heterocycles. The van der Waals surface area contributed by atoms with E-state index in [1.807, 2.05) is 12.1 Å². The zero-order valence-electron chi connectivity index (χ0n) is 19.2. The van der Waals surface area contributed by atoms with Gasteiger partial charge in [0.25, 0.3) is 0 Å². The Morgan fingerprint density at radius 1 is 0.781 bits per heavy atom. The standard InChI is InChI=1S/C28H34N2O2/c1-22-10-9-15-27(23(22)2)32-21-26(31)20-29-16-18-30(19-17-29)28(24-11-5-3-6-12-24)25-13-7-4-8-14-25/h3-15,26,28,31H,16-21H2,1-2H3/t26-/m1/s1. The minimum atomic E-state index is -0.500. The van der Waals surface area contributed by atoms with Gasteiger partial charge in [-0.1, -0.05) is 72.8 Å². The van der Waals surface area contributed by atoms with Crippen LogP contribution in [0.2, 0.25) is 0 Å². The fourth-order valence-electron chi connectivity index (χ4n) is 4.51. The molecule has 3 aromatic rings. The van der Waals surface area contributed by atoms with E-state index < -0.39 is 6.10 Å². The second kappa shape index (κ2) is 10.8. The van der Waals surface area contributed by atoms with Crippen molar-refractivity contribution in [2.45, 2.75) is 26.0 Å². The Balaban J connectivity index is 1.33. The Kier molecular flexibility index (Phi) is 7.59. The lowest BCUT2D eigenvalue weighted by Crippen LogP contribution is -2.50. The van der Waals surface area contributed by atoms with Crippen molar-refractivity contribution in [2.24, 2.45) is 0 Å². The van der Waals surface area contributed by atoms with Crippen molar-refractivity contribution >= 4 is 0 Å². The average molecular weight is 431 g/mol. The largest absolute Gasteiger partial charge is 0.491 e. The monoisotopic (exact) mass is 430 g/mol. The van der Waals surface area contributed by atoms with Gasteiger partial charge in [-0.15, -0.1) is 0 Å². The Morgan fingerprint density at radius 2 is 1.38 bits per heavy atom. The minimum Gasteiger partial charge on any atom is -0.491 e. The molecule has 0 unspecified atom stereocenters. The van der Waals surface area contributed by atoms with E-state index in [-0.39, 0.29) is 6.04 Å². The van der Waals surface area contributed by atoms with Crippen LogP contribution in [0.4, 0.5) is 0 Å². The first-order valence-corrected chi connectivity index (χ1v) is 11.5. The van der Waals surface area contributed by atoms with Crippen LogP contribution < -0.4 is 4.74 Å². The molecule has 0 saturated carbocycles. The van der Waals surface area contributed by atoms with Crippen molar-refractivity contribution < 1.29 is 9.84 Å². The summed E-state index contributed by atoms with van der Waals surface area (Å²) in [5.74, 6) is 0.863. The van der Waals surface area contributed by atoms with Gasteiger partial charge in [0.1, 0.15) is 18.5 Å². The molecule has 1 heterocycles. The molecular formula is C28H34N2O2. The summed E-state index contributed by atoms with van der Waals surface area (Å²) in [6.45, 7) is 8.93. The summed E-state index contributed by atoms with van der Waals surface area (Å²) in [4.78, 5) is 4.90. The number of aliphatic hydroxyl groups is 1. The molecule has 3 aromatic carbocycles. The van der Waals surface area contributed by atoms with E-state index in [1.165, 1.54) is 16.7 Å². The molecule has 0 bridgehead atoms. The summed E-state index contributed by atoms with van der Waals surface area (Å²) in [5.41, 5.74) is 5.00. The van der Waals surface area contributed by atoms with Crippen molar-refractivity contribution in [1.82, 2.24) is 9.80 Å². The highest BCUT2D eigenvalue weighted by molar-refractivity contribution is 5.38. The van der Waals surface area contributed by atoms with Gasteiger partial charge >= 0.3 is 0 Å². The summed E-state index contributed by atoms with van der Waals surface area (Å²) >= 11 is 0. The van der Waals surface area contributed by atoms with Gasteiger partial charge in [-0.05, 0) is 42.2 Å². The summed E-state index contributed by atoms with van der Waals surface area (Å²) in [6.07, 6.45) is -0.500. The minimum absolute atomic E-state index is 0.261. The third-order valence-electron chi connectivity index (χ3n) is 6.46. The van der Waals surface area contributed by atoms with E-state index in [2.05, 4.69) is 90.4 Å². The van der Waals surface area contributed by atoms with Gasteiger partial charge in [0.2, 0.25) is 0 Å². The number of benzene rings is 3. The maximum Gasteiger partial charge on any atom is 0.122 e. The molecule has 4 nitrogen and oxygen atoms in total. The van der Waals surface area contributed by atoms with Gasteiger partial charge in [0.15, 0.2) is 0 Å². The molecule has 1 fully saturated rings. The maximum atomic E-state index is 10.6. The maximum absolute atomic E-state index is 10.6. The number of aliphatic hydroxyl groups excluding tert-OH is 1. The fraction of sp³-hybridized carbons (Fsp3) is 0.357. The van der Waals surface area contributed by atoms with Crippen molar-refractivity contribution in [1.29, 1.82) is 0 Å². The Morgan fingerprint density at radius 3 is 1.97 bits per heavy atom. The Labute approximate surface area is 192 Å². The van der Waals surface area contributed by atoms with Gasteiger partial charge in [0.05, 0.1) is 6.04 Å². The topological polar surface area (TPSA) is 35.9 Å². The second-order valence-corrected chi connectivity index (χ2v) is 8.72. The van der Waals surface area contributed by atoms with Crippen LogP contribution in [-0.2, 0) is 0 Å². The molecule has 1 atom stereocenters. The predicted molar refractivity (Wildman–Crippen MR) is 130 cm³/mol. The molecule has 4 heteroatoms. The van der Waals surface area contributed by atoms with Gasteiger partial charge in [-0.3, -0.25) is 9.80 Å². The molecule has 0 radical (unpaired) electrons. The van der Waals surface area contributed by atoms with E-state index in [9.17, 15) is 5.11 Å². The van der Waals surface area contributed by atoms with Crippen LogP contribution in [-0.4, -0.2) is 60.3 Å². The number of piperazine rings is 1. The number of rotatable bonds is 8. The summed E-state index contributed by atoms with van der Waals surface area (Å²) in [5, 5.41) is 10.6. The third-order valence-corrected chi connectivity index (χ3v) is 6.46. The Bertz CT molecular complexity index is 930. The van der Waals surface area contributed by atoms with E-state index in [4.69, 9.17) is 4.74 Å². The van der Waals surface area contributed by atoms with Crippen LogP contribution in [0.5, 0.6) is 5.75 Å². The van der Waals surface area contributed by atoms with Crippen LogP contribution in [0.15, 0.2) is 78.9 Å². The SMILES string of the molecule is Cc1cccc(OC[C@H](O)CN2CCN(C(c3ccccc3)c3ccccc3)CC2)c1C. The molecule has 0 aliphatic carbocycles. The van der Waals surface area contributed by atoms with E-state index in [0.717, 1.165) is 37.5 Å². The zero-order valence-corrected chi connectivity index (χ0v) is 19.2. The number of aryl methyl sites for hydroxylation is 1. The van der Waals surface area contributed by atoms with Crippen LogP contribution in [0.25, 0.3) is 0 Å². The lowest BCUT2D eigenvalue weighted by Gasteiger charge is -2.40. The highest BCUT2D eigenvalue weighted by atomic mass is 16.5. The van der Waals surface area contributed by atoms with Crippen molar-refractivity contribution in [3.05, 3.63) is 101 Å². The highest BCUT2D eigenvalue weighted by Crippen LogP contribution is 2.29. The van der Waals surface area contributed by atoms with Crippen molar-refractivity contribution in [3.8, 4) is 5.75 Å². The first-order valence-electron chi connectivity index (χ1n) is 11.5. The zero-order chi connectivity index (χ0) is 22.3. The quantitative estimate of drug-likeness (QED) is 0.573. The lowest BCUT2D eigenvalue weighted by molar-refractivity contribution is 0.0399. The molecule has 32 heavy (non-hydrogen) atoms. The van der Waals surface area contributed by atoms with Gasteiger partial charge < -0.3 is 9.84 Å². The second-order valence-electron chi connectivity index (χ2n) is 8.72. The summed E-state index contributed by atoms with van der Waals surface area (Å²) in [6, 6.07) is 27.8. The van der Waals surface area contributed by atoms with Gasteiger partial charge in [-0.2, -0.15) is 0 Å². The summed E-state index contributed by atoms with van der Waals surface area (Å²) in [7, 11) is 0. The van der Waals surface area contributed by atoms with Crippen LogP contribution in [0.3, 0.4) is 0 Å². The number of hydrogen-bond donors (Lipinski definition) is 1. The molecule has 1 N–H and O–H groups in total. The van der Waals surface area contributed by atoms with Gasteiger partial charge in [0, 0.05) is 32.7 Å². The van der Waals surface area contributed by atoms with E-state index in [0.29, 0.717) is 13.2 Å². The number of nitrogens with zero attached hydrogens (tertiary/aromatic N) is 2. The molecule has 168 valence electrons.